The number of thiazole rings is 1. The molecular weight excluding hydrogens is 316 g/mol. The molecule has 3 rings (SSSR count). The van der Waals surface area contributed by atoms with Crippen molar-refractivity contribution >= 4 is 38.0 Å². The van der Waals surface area contributed by atoms with Crippen molar-refractivity contribution in [1.82, 2.24) is 9.71 Å². The van der Waals surface area contributed by atoms with Gasteiger partial charge in [-0.05, 0) is 25.0 Å². The highest BCUT2D eigenvalue weighted by Crippen LogP contribution is 2.31. The topological polar surface area (TPSA) is 97.1 Å². The summed E-state index contributed by atoms with van der Waals surface area (Å²) in [5, 5.41) is 2.21. The Morgan fingerprint density at radius 1 is 1.40 bits per heavy atom. The fourth-order valence-corrected chi connectivity index (χ4v) is 4.63. The number of nitrogens with two attached hydrogens (primary N) is 1. The van der Waals surface area contributed by atoms with Crippen LogP contribution in [-0.4, -0.2) is 19.4 Å². The molecular formula is C11H14N4O2S3. The summed E-state index contributed by atoms with van der Waals surface area (Å²) in [7, 11) is -3.51. The number of rotatable bonds is 6. The first-order valence-corrected chi connectivity index (χ1v) is 9.28. The molecule has 108 valence electrons. The molecule has 0 atom stereocenters. The number of nitrogens with zero attached hydrogens (tertiary/aromatic N) is 1. The van der Waals surface area contributed by atoms with Crippen molar-refractivity contribution < 1.29 is 8.42 Å². The minimum absolute atomic E-state index is 0.0799. The largest absolute Gasteiger partial charge is 0.326 e. The summed E-state index contributed by atoms with van der Waals surface area (Å²) in [5.74, 6) is 0. The highest BCUT2D eigenvalue weighted by molar-refractivity contribution is 7.91. The maximum atomic E-state index is 11.8. The van der Waals surface area contributed by atoms with Gasteiger partial charge in [-0.15, -0.1) is 22.7 Å². The van der Waals surface area contributed by atoms with Gasteiger partial charge >= 0.3 is 10.2 Å². The quantitative estimate of drug-likeness (QED) is 0.751. The summed E-state index contributed by atoms with van der Waals surface area (Å²) in [6, 6.07) is 3.98. The average Bonchev–Trinajstić information content (AvgIpc) is 2.92. The Morgan fingerprint density at radius 2 is 2.20 bits per heavy atom. The summed E-state index contributed by atoms with van der Waals surface area (Å²) in [4.78, 5) is 6.36. The van der Waals surface area contributed by atoms with Crippen molar-refractivity contribution in [3.05, 3.63) is 22.4 Å². The Labute approximate surface area is 125 Å². The van der Waals surface area contributed by atoms with Crippen LogP contribution in [0.25, 0.3) is 10.6 Å². The van der Waals surface area contributed by atoms with Crippen LogP contribution in [0.4, 0.5) is 5.13 Å². The first-order chi connectivity index (χ1) is 9.55. The van der Waals surface area contributed by atoms with Gasteiger partial charge in [0.15, 0.2) is 5.13 Å². The maximum Gasteiger partial charge on any atom is 0.301 e. The second kappa shape index (κ2) is 5.41. The number of hydrogen-bond donors (Lipinski definition) is 3. The van der Waals surface area contributed by atoms with E-state index < -0.39 is 10.2 Å². The van der Waals surface area contributed by atoms with Gasteiger partial charge in [0.25, 0.3) is 0 Å². The van der Waals surface area contributed by atoms with Crippen molar-refractivity contribution in [3.63, 3.8) is 0 Å². The van der Waals surface area contributed by atoms with Gasteiger partial charge in [0.05, 0.1) is 10.6 Å². The van der Waals surface area contributed by atoms with Crippen molar-refractivity contribution in [2.45, 2.75) is 25.4 Å². The molecule has 0 amide bonds. The van der Waals surface area contributed by atoms with E-state index in [0.717, 1.165) is 28.3 Å². The zero-order valence-corrected chi connectivity index (χ0v) is 12.9. The van der Waals surface area contributed by atoms with Crippen LogP contribution in [0.1, 0.15) is 17.7 Å². The molecule has 0 bridgehead atoms. The second-order valence-corrected chi connectivity index (χ2v) is 7.98. The van der Waals surface area contributed by atoms with E-state index in [9.17, 15) is 8.42 Å². The SMILES string of the molecule is NCc1ccc(-c2csc(NS(=O)(=O)NC3CC3)n2)s1. The summed E-state index contributed by atoms with van der Waals surface area (Å²) in [6.07, 6.45) is 1.81. The fraction of sp³-hybridized carbons (Fsp3) is 0.364. The molecule has 1 saturated carbocycles. The lowest BCUT2D eigenvalue weighted by Crippen LogP contribution is -2.31. The van der Waals surface area contributed by atoms with Crippen LogP contribution >= 0.6 is 22.7 Å². The lowest BCUT2D eigenvalue weighted by molar-refractivity contribution is 0.586. The fourth-order valence-electron chi connectivity index (χ4n) is 1.62. The standard InChI is InChI=1S/C11H14N4O2S3/c12-5-8-3-4-10(19-8)9-6-18-11(13-9)15-20(16,17)14-7-1-2-7/h3-4,6-7,14H,1-2,5,12H2,(H,13,15). The van der Waals surface area contributed by atoms with Crippen LogP contribution in [0, 0.1) is 0 Å². The number of aromatic nitrogens is 1. The zero-order valence-electron chi connectivity index (χ0n) is 10.5. The molecule has 0 saturated heterocycles. The third-order valence-corrected chi connectivity index (χ3v) is 5.86. The first kappa shape index (κ1) is 14.0. The molecule has 9 heteroatoms. The Hall–Kier alpha value is -1.00. The monoisotopic (exact) mass is 330 g/mol. The van der Waals surface area contributed by atoms with Gasteiger partial charge < -0.3 is 5.73 Å². The van der Waals surface area contributed by atoms with Gasteiger partial charge in [-0.2, -0.15) is 13.1 Å². The number of hydrogen-bond acceptors (Lipinski definition) is 6. The van der Waals surface area contributed by atoms with Crippen LogP contribution in [0.3, 0.4) is 0 Å². The molecule has 2 heterocycles. The predicted octanol–water partition coefficient (Wildman–Crippen LogP) is 1.74. The summed E-state index contributed by atoms with van der Waals surface area (Å²) in [5.41, 5.74) is 6.34. The van der Waals surface area contributed by atoms with E-state index in [1.54, 1.807) is 11.3 Å². The lowest BCUT2D eigenvalue weighted by atomic mass is 10.4. The van der Waals surface area contributed by atoms with E-state index in [0.29, 0.717) is 11.7 Å². The van der Waals surface area contributed by atoms with E-state index in [4.69, 9.17) is 5.73 Å². The average molecular weight is 330 g/mol. The molecule has 0 unspecified atom stereocenters. The van der Waals surface area contributed by atoms with Crippen molar-refractivity contribution in [2.24, 2.45) is 5.73 Å². The van der Waals surface area contributed by atoms with Gasteiger partial charge in [-0.1, -0.05) is 0 Å². The molecule has 0 aliphatic heterocycles. The third kappa shape index (κ3) is 3.36. The Balaban J connectivity index is 1.72. The van der Waals surface area contributed by atoms with Crippen molar-refractivity contribution in [1.29, 1.82) is 0 Å². The smallest absolute Gasteiger partial charge is 0.301 e. The predicted molar refractivity (Wildman–Crippen MR) is 82.0 cm³/mol. The first-order valence-electron chi connectivity index (χ1n) is 6.10. The van der Waals surface area contributed by atoms with E-state index in [2.05, 4.69) is 14.4 Å². The summed E-state index contributed by atoms with van der Waals surface area (Å²) < 4.78 is 28.6. The van der Waals surface area contributed by atoms with E-state index in [1.807, 2.05) is 17.5 Å². The third-order valence-electron chi connectivity index (χ3n) is 2.74. The molecule has 2 aromatic heterocycles. The summed E-state index contributed by atoms with van der Waals surface area (Å²) in [6.45, 7) is 0.500. The van der Waals surface area contributed by atoms with Gasteiger partial charge in [0.1, 0.15) is 0 Å². The Bertz CT molecular complexity index is 703. The van der Waals surface area contributed by atoms with Crippen LogP contribution in [-0.2, 0) is 16.8 Å². The van der Waals surface area contributed by atoms with E-state index >= 15 is 0 Å². The van der Waals surface area contributed by atoms with Crippen LogP contribution < -0.4 is 15.2 Å². The molecule has 20 heavy (non-hydrogen) atoms. The molecule has 0 radical (unpaired) electrons. The van der Waals surface area contributed by atoms with Gasteiger partial charge in [-0.25, -0.2) is 9.71 Å². The highest BCUT2D eigenvalue weighted by atomic mass is 32.2. The molecule has 1 fully saturated rings. The van der Waals surface area contributed by atoms with Crippen molar-refractivity contribution in [3.8, 4) is 10.6 Å². The Morgan fingerprint density at radius 3 is 2.85 bits per heavy atom. The second-order valence-electron chi connectivity index (χ2n) is 4.51. The van der Waals surface area contributed by atoms with Gasteiger partial charge in [-0.3, -0.25) is 0 Å². The lowest BCUT2D eigenvalue weighted by Gasteiger charge is -2.04. The summed E-state index contributed by atoms with van der Waals surface area (Å²) >= 11 is 2.83. The molecule has 6 nitrogen and oxygen atoms in total. The molecule has 1 aliphatic carbocycles. The van der Waals surface area contributed by atoms with Gasteiger partial charge in [0.2, 0.25) is 0 Å². The molecule has 2 aromatic rings. The zero-order chi connectivity index (χ0) is 14.2. The minimum Gasteiger partial charge on any atom is -0.326 e. The van der Waals surface area contributed by atoms with Crippen molar-refractivity contribution in [2.75, 3.05) is 4.72 Å². The molecule has 0 aromatic carbocycles. The number of thiophene rings is 1. The Kier molecular flexibility index (Phi) is 3.78. The van der Waals surface area contributed by atoms with E-state index in [1.165, 1.54) is 11.3 Å². The highest BCUT2D eigenvalue weighted by Gasteiger charge is 2.27. The van der Waals surface area contributed by atoms with Crippen LogP contribution in [0.5, 0.6) is 0 Å². The van der Waals surface area contributed by atoms with Crippen LogP contribution in [0.2, 0.25) is 0 Å². The minimum atomic E-state index is -3.51. The maximum absolute atomic E-state index is 11.8. The molecule has 4 N–H and O–H groups in total. The number of anilines is 1. The van der Waals surface area contributed by atoms with Gasteiger partial charge in [0, 0.05) is 22.8 Å². The normalized spacial score (nSPS) is 15.4. The molecule has 1 aliphatic rings. The van der Waals surface area contributed by atoms with E-state index in [-0.39, 0.29) is 6.04 Å². The number of nitrogens with one attached hydrogen (secondary N) is 2. The van der Waals surface area contributed by atoms with Crippen LogP contribution in [0.15, 0.2) is 17.5 Å². The molecule has 0 spiro atoms.